The lowest BCUT2D eigenvalue weighted by molar-refractivity contribution is -0.699. The minimum absolute atomic E-state index is 0.120. The second kappa shape index (κ2) is 22.8. The zero-order valence-electron chi connectivity index (χ0n) is 32.4. The summed E-state index contributed by atoms with van der Waals surface area (Å²) in [4.78, 5) is 5.12. The average Bonchev–Trinajstić information content (AvgIpc) is 3.25. The number of aliphatic hydroxyl groups excluding tert-OH is 2. The van der Waals surface area contributed by atoms with E-state index in [1.54, 1.807) is 0 Å². The number of aliphatic hydroxyl groups is 2. The molecule has 4 aromatic rings. The molecule has 0 amide bonds. The van der Waals surface area contributed by atoms with Gasteiger partial charge in [0, 0.05) is 85.5 Å². The van der Waals surface area contributed by atoms with E-state index in [1.807, 2.05) is 58.2 Å². The summed E-state index contributed by atoms with van der Waals surface area (Å²) in [6, 6.07) is 32.0. The van der Waals surface area contributed by atoms with E-state index in [-0.39, 0.29) is 13.2 Å². The zero-order valence-corrected chi connectivity index (χ0v) is 34.0. The van der Waals surface area contributed by atoms with E-state index in [9.17, 15) is 10.2 Å². The first-order chi connectivity index (χ1) is 27.7. The highest BCUT2D eigenvalue weighted by molar-refractivity contribution is 8.76. The fourth-order valence-corrected chi connectivity index (χ4v) is 9.02. The molecule has 0 saturated carbocycles. The summed E-state index contributed by atoms with van der Waals surface area (Å²) in [5.74, 6) is 2.62. The molecule has 0 spiro atoms. The summed E-state index contributed by atoms with van der Waals surface area (Å²) < 4.78 is 4.15. The fraction of sp³-hybridized carbons (Fsp3) is 0.292. The van der Waals surface area contributed by atoms with Gasteiger partial charge in [-0.15, -0.1) is 0 Å². The number of rotatable bonds is 21. The molecule has 6 nitrogen and oxygen atoms in total. The molecule has 0 saturated heterocycles. The monoisotopic (exact) mass is 784 g/mol. The van der Waals surface area contributed by atoms with Crippen molar-refractivity contribution in [1.29, 1.82) is 0 Å². The molecule has 2 aromatic heterocycles. The largest absolute Gasteiger partial charge is 0.390 e. The van der Waals surface area contributed by atoms with E-state index >= 15 is 0 Å². The summed E-state index contributed by atoms with van der Waals surface area (Å²) in [5.41, 5.74) is 8.66. The smallest absolute Gasteiger partial charge is 0.205 e. The van der Waals surface area contributed by atoms with Crippen LogP contribution in [0.2, 0.25) is 0 Å². The predicted octanol–water partition coefficient (Wildman–Crippen LogP) is 8.56. The Hall–Kier alpha value is -4.60. The van der Waals surface area contributed by atoms with Gasteiger partial charge in [0.05, 0.1) is 0 Å². The van der Waals surface area contributed by atoms with Gasteiger partial charge < -0.3 is 20.0 Å². The molecule has 2 aromatic carbocycles. The number of pyridine rings is 2. The van der Waals surface area contributed by atoms with Crippen molar-refractivity contribution >= 4 is 45.5 Å². The van der Waals surface area contributed by atoms with Crippen LogP contribution in [-0.2, 0) is 19.6 Å². The van der Waals surface area contributed by atoms with Crippen molar-refractivity contribution in [3.8, 4) is 0 Å². The van der Waals surface area contributed by atoms with Crippen molar-refractivity contribution in [2.75, 3.05) is 49.3 Å². The number of hydrogen-bond donors (Lipinski definition) is 2. The molecule has 0 fully saturated rings. The minimum Gasteiger partial charge on any atom is -0.390 e. The van der Waals surface area contributed by atoms with Gasteiger partial charge >= 0.3 is 0 Å². The molecule has 1 unspecified atom stereocenters. The number of benzene rings is 2. The van der Waals surface area contributed by atoms with E-state index < -0.39 is 0 Å². The molecule has 290 valence electrons. The van der Waals surface area contributed by atoms with Gasteiger partial charge in [-0.05, 0) is 78.3 Å². The first-order valence-corrected chi connectivity index (χ1v) is 22.3. The molecule has 2 N–H and O–H groups in total. The molecule has 1 atom stereocenters. The lowest BCUT2D eigenvalue weighted by Crippen LogP contribution is -2.38. The van der Waals surface area contributed by atoms with Crippen LogP contribution in [0.4, 0.5) is 5.69 Å². The summed E-state index contributed by atoms with van der Waals surface area (Å²) >= 11 is 0. The van der Waals surface area contributed by atoms with Crippen LogP contribution in [0.3, 0.4) is 0 Å². The Labute approximate surface area is 342 Å². The number of allylic oxidation sites excluding steroid dienone is 8. The van der Waals surface area contributed by atoms with Gasteiger partial charge in [0.15, 0.2) is 25.5 Å². The van der Waals surface area contributed by atoms with Gasteiger partial charge in [-0.25, -0.2) is 0 Å². The number of anilines is 1. The maximum atomic E-state index is 9.45. The molecule has 0 aliphatic heterocycles. The van der Waals surface area contributed by atoms with Crippen LogP contribution < -0.4 is 14.0 Å². The summed E-state index contributed by atoms with van der Waals surface area (Å²) in [5, 5.41) is 18.9. The third kappa shape index (κ3) is 13.0. The molecule has 6 rings (SSSR count). The van der Waals surface area contributed by atoms with Crippen molar-refractivity contribution in [2.45, 2.75) is 38.9 Å². The summed E-state index contributed by atoms with van der Waals surface area (Å²) in [6.07, 6.45) is 29.4. The molecule has 0 bridgehead atoms. The van der Waals surface area contributed by atoms with E-state index in [0.29, 0.717) is 19.0 Å². The molecule has 2 heterocycles. The molecular weight excluding hydrogens is 729 g/mol. The van der Waals surface area contributed by atoms with Crippen molar-refractivity contribution in [3.05, 3.63) is 180 Å². The van der Waals surface area contributed by atoms with Crippen LogP contribution in [0.1, 0.15) is 41.8 Å². The molecule has 2 aliphatic rings. The predicted molar refractivity (Wildman–Crippen MR) is 238 cm³/mol. The highest BCUT2D eigenvalue weighted by Gasteiger charge is 2.16. The van der Waals surface area contributed by atoms with E-state index in [2.05, 4.69) is 146 Å². The van der Waals surface area contributed by atoms with Crippen LogP contribution >= 0.6 is 21.6 Å². The SMILES string of the molecule is OCC[n+]1ccccc1/C=C/C1=CC=C(N(CCSSCCN(CC2C=CC=CC2)c2ccc(/C=C/c3cccc[n+]3CCO)cc2)Cc2ccccc2)CC1. The van der Waals surface area contributed by atoms with Crippen molar-refractivity contribution in [2.24, 2.45) is 5.92 Å². The molecule has 8 heteroatoms. The van der Waals surface area contributed by atoms with Crippen molar-refractivity contribution < 1.29 is 19.3 Å². The maximum Gasteiger partial charge on any atom is 0.205 e. The maximum absolute atomic E-state index is 9.45. The number of nitrogens with zero attached hydrogens (tertiary/aromatic N) is 4. The Morgan fingerprint density at radius 3 is 1.95 bits per heavy atom. The van der Waals surface area contributed by atoms with Gasteiger partial charge in [0.1, 0.15) is 13.2 Å². The third-order valence-electron chi connectivity index (χ3n) is 10.1. The van der Waals surface area contributed by atoms with Crippen molar-refractivity contribution in [3.63, 3.8) is 0 Å². The van der Waals surface area contributed by atoms with Crippen LogP contribution in [-0.4, -0.2) is 59.5 Å². The van der Waals surface area contributed by atoms with Gasteiger partial charge in [0.25, 0.3) is 0 Å². The number of aromatic nitrogens is 2. The highest BCUT2D eigenvalue weighted by atomic mass is 33.1. The van der Waals surface area contributed by atoms with Gasteiger partial charge in [-0.1, -0.05) is 101 Å². The molecular formula is C48H56N4O2S2+2. The standard InChI is InChI=1S/C48H56N4O2S2/c53-35-31-49-29-9-7-15-45(49)23-17-41-19-25-47(26-20-41)51(39-43-11-3-1-4-12-43)33-37-55-56-38-34-52(40-44-13-5-2-6-14-44)48-27-21-42(22-28-48)18-24-46-16-8-10-30-50(46)32-36-54/h1-13,15-19,21-25,27-30,44,53-54H,14,20,26,31-40H2/q+2. The molecule has 0 radical (unpaired) electrons. The van der Waals surface area contributed by atoms with Gasteiger partial charge in [-0.3, -0.25) is 0 Å². The normalized spacial score (nSPS) is 15.4. The Morgan fingerprint density at radius 1 is 0.661 bits per heavy atom. The Balaban J connectivity index is 1.04. The second-order valence-corrected chi connectivity index (χ2v) is 16.8. The number of hydrogen-bond acceptors (Lipinski definition) is 6. The van der Waals surface area contributed by atoms with Crippen LogP contribution in [0, 0.1) is 5.92 Å². The lowest BCUT2D eigenvalue weighted by atomic mass is 10.00. The molecule has 56 heavy (non-hydrogen) atoms. The molecule has 2 aliphatic carbocycles. The highest BCUT2D eigenvalue weighted by Crippen LogP contribution is 2.28. The fourth-order valence-electron chi connectivity index (χ4n) is 7.04. The van der Waals surface area contributed by atoms with Crippen LogP contribution in [0.25, 0.3) is 18.2 Å². The minimum atomic E-state index is 0.120. The second-order valence-electron chi connectivity index (χ2n) is 14.0. The summed E-state index contributed by atoms with van der Waals surface area (Å²) in [6.45, 7) is 5.35. The first-order valence-electron chi connectivity index (χ1n) is 19.8. The first kappa shape index (κ1) is 41.0. The Kier molecular flexibility index (Phi) is 16.7. The topological polar surface area (TPSA) is 54.7 Å². The average molecular weight is 785 g/mol. The quantitative estimate of drug-likeness (QED) is 0.0502. The van der Waals surface area contributed by atoms with Crippen molar-refractivity contribution in [1.82, 2.24) is 4.90 Å². The van der Waals surface area contributed by atoms with Crippen LogP contribution in [0.5, 0.6) is 0 Å². The zero-order chi connectivity index (χ0) is 38.6. The van der Waals surface area contributed by atoms with Gasteiger partial charge in [0.2, 0.25) is 11.4 Å². The van der Waals surface area contributed by atoms with E-state index in [4.69, 9.17) is 0 Å². The van der Waals surface area contributed by atoms with Crippen LogP contribution in [0.15, 0.2) is 157 Å². The Morgan fingerprint density at radius 2 is 1.32 bits per heavy atom. The van der Waals surface area contributed by atoms with E-state index in [1.165, 1.54) is 22.5 Å². The van der Waals surface area contributed by atoms with Gasteiger partial charge in [-0.2, -0.15) is 9.13 Å². The lowest BCUT2D eigenvalue weighted by Gasteiger charge is -2.30. The Bertz CT molecular complexity index is 1990. The summed E-state index contributed by atoms with van der Waals surface area (Å²) in [7, 11) is 3.97. The third-order valence-corrected chi connectivity index (χ3v) is 12.5. The van der Waals surface area contributed by atoms with E-state index in [0.717, 1.165) is 73.9 Å².